The quantitative estimate of drug-likeness (QED) is 0.728. The van der Waals surface area contributed by atoms with Crippen molar-refractivity contribution < 1.29 is 4.79 Å². The van der Waals surface area contributed by atoms with Gasteiger partial charge in [-0.3, -0.25) is 4.79 Å². The zero-order valence-electron chi connectivity index (χ0n) is 9.53. The summed E-state index contributed by atoms with van der Waals surface area (Å²) in [4.78, 5) is 19.6. The van der Waals surface area contributed by atoms with Gasteiger partial charge in [-0.2, -0.15) is 0 Å². The first-order valence-electron chi connectivity index (χ1n) is 5.54. The molecule has 1 unspecified atom stereocenters. The van der Waals surface area contributed by atoms with Crippen molar-refractivity contribution in [1.29, 1.82) is 0 Å². The maximum absolute atomic E-state index is 12.5. The number of ketones is 1. The average Bonchev–Trinajstić information content (AvgIpc) is 2.90. The molecule has 0 amide bonds. The van der Waals surface area contributed by atoms with Gasteiger partial charge in [0, 0.05) is 17.4 Å². The van der Waals surface area contributed by atoms with Crippen molar-refractivity contribution in [2.75, 3.05) is 5.73 Å². The number of aromatic amines is 1. The van der Waals surface area contributed by atoms with Crippen molar-refractivity contribution in [2.45, 2.75) is 18.8 Å². The third-order valence-electron chi connectivity index (χ3n) is 3.49. The summed E-state index contributed by atoms with van der Waals surface area (Å²) in [6.45, 7) is 1.93. The summed E-state index contributed by atoms with van der Waals surface area (Å²) in [6, 6.07) is 5.53. The second-order valence-corrected chi connectivity index (χ2v) is 4.71. The lowest BCUT2D eigenvalue weighted by atomic mass is 9.83. The third-order valence-corrected chi connectivity index (χ3v) is 3.49. The highest BCUT2D eigenvalue weighted by atomic mass is 16.1. The van der Waals surface area contributed by atoms with E-state index in [2.05, 4.69) is 9.97 Å². The molecule has 0 radical (unpaired) electrons. The van der Waals surface area contributed by atoms with E-state index in [0.29, 0.717) is 12.1 Å². The molecule has 0 aliphatic heterocycles. The summed E-state index contributed by atoms with van der Waals surface area (Å²) in [5.41, 5.74) is 8.37. The smallest absolute Gasteiger partial charge is 0.175 e. The fourth-order valence-corrected chi connectivity index (χ4v) is 2.49. The normalized spacial score (nSPS) is 22.8. The summed E-state index contributed by atoms with van der Waals surface area (Å²) in [5.74, 6) is 0.104. The molecule has 2 aromatic rings. The van der Waals surface area contributed by atoms with E-state index in [9.17, 15) is 4.79 Å². The van der Waals surface area contributed by atoms with Crippen LogP contribution in [0.3, 0.4) is 0 Å². The molecular formula is C13H13N3O. The van der Waals surface area contributed by atoms with Gasteiger partial charge in [0.2, 0.25) is 0 Å². The summed E-state index contributed by atoms with van der Waals surface area (Å²) >= 11 is 0. The fourth-order valence-electron chi connectivity index (χ4n) is 2.49. The van der Waals surface area contributed by atoms with E-state index < -0.39 is 5.41 Å². The van der Waals surface area contributed by atoms with Gasteiger partial charge in [-0.1, -0.05) is 6.07 Å². The lowest BCUT2D eigenvalue weighted by molar-refractivity contribution is 0.0913. The Morgan fingerprint density at radius 2 is 2.29 bits per heavy atom. The number of nitrogen functional groups attached to an aromatic ring is 1. The molecule has 1 atom stereocenters. The lowest BCUT2D eigenvalue weighted by Crippen LogP contribution is -2.29. The molecule has 0 bridgehead atoms. The monoisotopic (exact) mass is 227 g/mol. The molecule has 4 heteroatoms. The standard InChI is InChI=1S/C13H13N3O/c1-13(11-6-15-7-16-11)5-8-2-3-9(14)4-10(8)12(13)17/h2-4,6-7H,5,14H2,1H3,(H,15,16). The maximum Gasteiger partial charge on any atom is 0.175 e. The number of carbonyl (C=O) groups is 1. The van der Waals surface area contributed by atoms with E-state index in [-0.39, 0.29) is 5.78 Å². The van der Waals surface area contributed by atoms with E-state index in [1.165, 1.54) is 0 Å². The highest BCUT2D eigenvalue weighted by Crippen LogP contribution is 2.39. The molecule has 86 valence electrons. The minimum absolute atomic E-state index is 0.104. The largest absolute Gasteiger partial charge is 0.399 e. The zero-order chi connectivity index (χ0) is 12.0. The molecule has 0 spiro atoms. The molecule has 1 aromatic carbocycles. The fraction of sp³-hybridized carbons (Fsp3) is 0.231. The van der Waals surface area contributed by atoms with Gasteiger partial charge in [0.15, 0.2) is 5.78 Å². The van der Waals surface area contributed by atoms with E-state index in [1.807, 2.05) is 19.1 Å². The van der Waals surface area contributed by atoms with Crippen LogP contribution in [0.5, 0.6) is 0 Å². The number of aromatic nitrogens is 2. The number of fused-ring (bicyclic) bond motifs is 1. The Hall–Kier alpha value is -2.10. The molecule has 3 rings (SSSR count). The number of benzene rings is 1. The van der Waals surface area contributed by atoms with Crippen molar-refractivity contribution in [3.05, 3.63) is 47.5 Å². The third kappa shape index (κ3) is 1.30. The van der Waals surface area contributed by atoms with Crippen LogP contribution in [0.25, 0.3) is 0 Å². The van der Waals surface area contributed by atoms with Crippen molar-refractivity contribution in [3.63, 3.8) is 0 Å². The number of nitrogens with one attached hydrogen (secondary N) is 1. The molecule has 0 fully saturated rings. The van der Waals surface area contributed by atoms with Crippen LogP contribution in [0.4, 0.5) is 5.69 Å². The van der Waals surface area contributed by atoms with Gasteiger partial charge in [0.1, 0.15) is 0 Å². The molecule has 17 heavy (non-hydrogen) atoms. The number of imidazole rings is 1. The van der Waals surface area contributed by atoms with Crippen LogP contribution >= 0.6 is 0 Å². The predicted octanol–water partition coefficient (Wildman–Crippen LogP) is 1.69. The van der Waals surface area contributed by atoms with Gasteiger partial charge >= 0.3 is 0 Å². The molecule has 0 saturated carbocycles. The molecule has 0 saturated heterocycles. The number of nitrogens with zero attached hydrogens (tertiary/aromatic N) is 1. The number of hydrogen-bond acceptors (Lipinski definition) is 3. The Kier molecular flexibility index (Phi) is 1.90. The van der Waals surface area contributed by atoms with Gasteiger partial charge < -0.3 is 10.7 Å². The van der Waals surface area contributed by atoms with Crippen LogP contribution < -0.4 is 5.73 Å². The Balaban J connectivity index is 2.13. The van der Waals surface area contributed by atoms with Crippen LogP contribution in [0, 0.1) is 0 Å². The maximum atomic E-state index is 12.5. The van der Waals surface area contributed by atoms with Gasteiger partial charge in [-0.15, -0.1) is 0 Å². The summed E-state index contributed by atoms with van der Waals surface area (Å²) in [7, 11) is 0. The van der Waals surface area contributed by atoms with E-state index in [4.69, 9.17) is 5.73 Å². The number of rotatable bonds is 1. The van der Waals surface area contributed by atoms with Crippen molar-refractivity contribution in [3.8, 4) is 0 Å². The second-order valence-electron chi connectivity index (χ2n) is 4.71. The summed E-state index contributed by atoms with van der Waals surface area (Å²) in [5, 5.41) is 0. The molecule has 3 N–H and O–H groups in total. The van der Waals surface area contributed by atoms with Crippen LogP contribution in [0.1, 0.15) is 28.5 Å². The molecule has 1 aliphatic rings. The van der Waals surface area contributed by atoms with Crippen LogP contribution in [-0.4, -0.2) is 15.8 Å². The number of anilines is 1. The molecule has 4 nitrogen and oxygen atoms in total. The molecule has 1 aliphatic carbocycles. The average molecular weight is 227 g/mol. The van der Waals surface area contributed by atoms with Gasteiger partial charge in [-0.05, 0) is 31.0 Å². The highest BCUT2D eigenvalue weighted by Gasteiger charge is 2.44. The first-order valence-corrected chi connectivity index (χ1v) is 5.54. The minimum Gasteiger partial charge on any atom is -0.399 e. The van der Waals surface area contributed by atoms with Crippen LogP contribution in [-0.2, 0) is 11.8 Å². The number of carbonyl (C=O) groups excluding carboxylic acids is 1. The first kappa shape index (κ1) is 10.1. The number of hydrogen-bond donors (Lipinski definition) is 2. The second kappa shape index (κ2) is 3.20. The van der Waals surface area contributed by atoms with E-state index in [0.717, 1.165) is 16.8 Å². The number of Topliss-reactive ketones (excluding diaryl/α,β-unsaturated/α-hetero) is 1. The molecular weight excluding hydrogens is 214 g/mol. The predicted molar refractivity (Wildman–Crippen MR) is 64.8 cm³/mol. The van der Waals surface area contributed by atoms with E-state index in [1.54, 1.807) is 18.6 Å². The number of nitrogens with two attached hydrogens (primary N) is 1. The zero-order valence-corrected chi connectivity index (χ0v) is 9.53. The van der Waals surface area contributed by atoms with Crippen LogP contribution in [0.15, 0.2) is 30.7 Å². The van der Waals surface area contributed by atoms with Crippen molar-refractivity contribution >= 4 is 11.5 Å². The van der Waals surface area contributed by atoms with Gasteiger partial charge in [-0.25, -0.2) is 4.98 Å². The summed E-state index contributed by atoms with van der Waals surface area (Å²) < 4.78 is 0. The van der Waals surface area contributed by atoms with Crippen molar-refractivity contribution in [2.24, 2.45) is 0 Å². The molecule has 1 heterocycles. The molecule has 1 aromatic heterocycles. The van der Waals surface area contributed by atoms with Gasteiger partial charge in [0.25, 0.3) is 0 Å². The Morgan fingerprint density at radius 3 is 3.00 bits per heavy atom. The first-order chi connectivity index (χ1) is 8.11. The SMILES string of the molecule is CC1(c2c[nH]cn2)Cc2ccc(N)cc2C1=O. The Morgan fingerprint density at radius 1 is 1.47 bits per heavy atom. The van der Waals surface area contributed by atoms with Crippen LogP contribution in [0.2, 0.25) is 0 Å². The van der Waals surface area contributed by atoms with E-state index >= 15 is 0 Å². The highest BCUT2D eigenvalue weighted by molar-refractivity contribution is 6.08. The topological polar surface area (TPSA) is 71.8 Å². The Bertz CT molecular complexity index is 589. The summed E-state index contributed by atoms with van der Waals surface area (Å²) in [6.07, 6.45) is 4.07. The Labute approximate surface area is 98.9 Å². The van der Waals surface area contributed by atoms with Crippen molar-refractivity contribution in [1.82, 2.24) is 9.97 Å². The number of H-pyrrole nitrogens is 1. The van der Waals surface area contributed by atoms with Gasteiger partial charge in [0.05, 0.1) is 17.4 Å². The minimum atomic E-state index is -0.559. The lowest BCUT2D eigenvalue weighted by Gasteiger charge is -2.18.